The van der Waals surface area contributed by atoms with Gasteiger partial charge in [-0.3, -0.25) is 9.97 Å². The molecule has 144 valence electrons. The van der Waals surface area contributed by atoms with Crippen LogP contribution in [0.5, 0.6) is 0 Å². The van der Waals surface area contributed by atoms with Gasteiger partial charge >= 0.3 is 27.0 Å². The summed E-state index contributed by atoms with van der Waals surface area (Å²) >= 11 is 1.82. The normalized spacial score (nSPS) is 10.2. The van der Waals surface area contributed by atoms with Gasteiger partial charge in [-0.15, -0.1) is 0 Å². The minimum absolute atomic E-state index is 0. The van der Waals surface area contributed by atoms with Crippen LogP contribution in [-0.4, -0.2) is 9.97 Å². The van der Waals surface area contributed by atoms with Crippen LogP contribution >= 0.6 is 9.69 Å². The fourth-order valence-electron chi connectivity index (χ4n) is 2.54. The van der Waals surface area contributed by atoms with Gasteiger partial charge in [0, 0.05) is 12.4 Å². The number of fused-ring (bicyclic) bond motifs is 1. The van der Waals surface area contributed by atoms with Crippen molar-refractivity contribution >= 4 is 9.69 Å². The molecule has 0 amide bonds. The van der Waals surface area contributed by atoms with Crippen molar-refractivity contribution in [1.29, 1.82) is 0 Å². The molecule has 27 heavy (non-hydrogen) atoms. The maximum Gasteiger partial charge on any atom is 0.0886 e. The summed E-state index contributed by atoms with van der Waals surface area (Å²) in [5.41, 5.74) is 4.96. The zero-order valence-corrected chi connectivity index (χ0v) is 18.7. The standard InChI is InChI=1S/C10H8N2.C9H10.C3H7.CH3.ClH.Ru/c1-3-7-11-9(5-1)10-6-2-4-8-12-10;1-2-5-9-7-3-6-8(9)4-1;1-3-2;;;/h1-8H;1-2,4-5H,3,6-7H2;3H,1-2H3;1H3;1H;/q;;+1;-1;;+2/p-1. The van der Waals surface area contributed by atoms with Gasteiger partial charge in [0.15, 0.2) is 0 Å². The van der Waals surface area contributed by atoms with E-state index >= 15 is 0 Å². The molecule has 0 bridgehead atoms. The van der Waals surface area contributed by atoms with Gasteiger partial charge in [0.1, 0.15) is 0 Å². The van der Waals surface area contributed by atoms with E-state index in [1.807, 2.05) is 74.0 Å². The minimum Gasteiger partial charge on any atom is -0.255 e. The molecular weight excluding hydrogens is 441 g/mol. The molecule has 4 rings (SSSR count). The summed E-state index contributed by atoms with van der Waals surface area (Å²) in [6.45, 7) is 4.00. The maximum atomic E-state index is 4.57. The van der Waals surface area contributed by atoms with Gasteiger partial charge in [-0.05, 0) is 54.7 Å². The summed E-state index contributed by atoms with van der Waals surface area (Å²) in [6, 6.07) is 20.3. The molecule has 1 aromatic carbocycles. The van der Waals surface area contributed by atoms with Crippen LogP contribution in [0.25, 0.3) is 11.4 Å². The first-order valence-corrected chi connectivity index (χ1v) is 10.9. The number of benzene rings is 1. The molecule has 4 heteroatoms. The van der Waals surface area contributed by atoms with Gasteiger partial charge in [-0.1, -0.05) is 36.4 Å². The van der Waals surface area contributed by atoms with Crippen molar-refractivity contribution < 1.29 is 17.3 Å². The number of nitrogens with zero attached hydrogens (tertiary/aromatic N) is 2. The molecule has 2 heterocycles. The Hall–Kier alpha value is -1.70. The number of hydrogen-bond donors (Lipinski definition) is 0. The van der Waals surface area contributed by atoms with Gasteiger partial charge < -0.3 is 7.43 Å². The van der Waals surface area contributed by atoms with E-state index in [4.69, 9.17) is 0 Å². The maximum absolute atomic E-state index is 4.57. The van der Waals surface area contributed by atoms with Crippen molar-refractivity contribution in [2.75, 3.05) is 0 Å². The molecule has 0 unspecified atom stereocenters. The number of hydrogen-bond acceptors (Lipinski definition) is 2. The average Bonchev–Trinajstić information content (AvgIpc) is 3.21. The van der Waals surface area contributed by atoms with Crippen LogP contribution in [0.2, 0.25) is 0 Å². The first-order chi connectivity index (χ1) is 12.8. The number of pyridine rings is 2. The van der Waals surface area contributed by atoms with E-state index < -0.39 is 0 Å². The minimum atomic E-state index is 0. The van der Waals surface area contributed by atoms with Crippen molar-refractivity contribution in [1.82, 2.24) is 9.97 Å². The number of aromatic nitrogens is 2. The third-order valence-corrected chi connectivity index (χ3v) is 3.60. The molecule has 3 aromatic rings. The van der Waals surface area contributed by atoms with Crippen LogP contribution in [0.15, 0.2) is 73.1 Å². The van der Waals surface area contributed by atoms with Crippen LogP contribution in [0, 0.1) is 13.8 Å². The summed E-state index contributed by atoms with van der Waals surface area (Å²) in [4.78, 5) is 8.37. The molecule has 0 N–H and O–H groups in total. The monoisotopic (exact) mass is 469 g/mol. The third-order valence-electron chi connectivity index (χ3n) is 3.60. The Kier molecular flexibility index (Phi) is 15.4. The second-order valence-corrected chi connectivity index (χ2v) is 5.63. The van der Waals surface area contributed by atoms with E-state index in [-0.39, 0.29) is 7.43 Å². The predicted octanol–water partition coefficient (Wildman–Crippen LogP) is 6.69. The van der Waals surface area contributed by atoms with E-state index in [1.54, 1.807) is 23.5 Å². The Bertz CT molecular complexity index is 645. The summed E-state index contributed by atoms with van der Waals surface area (Å²) in [7, 11) is 4.57. The second kappa shape index (κ2) is 16.5. The van der Waals surface area contributed by atoms with Crippen molar-refractivity contribution in [3.63, 3.8) is 0 Å². The smallest absolute Gasteiger partial charge is 0.0886 e. The Morgan fingerprint density at radius 1 is 0.741 bits per heavy atom. The molecule has 0 atom stereocenters. The largest absolute Gasteiger partial charge is 0.255 e. The Morgan fingerprint density at radius 2 is 1.11 bits per heavy atom. The molecule has 0 spiro atoms. The molecule has 0 saturated heterocycles. The predicted molar refractivity (Wildman–Crippen MR) is 114 cm³/mol. The molecule has 0 radical (unpaired) electrons. The van der Waals surface area contributed by atoms with Crippen molar-refractivity contribution in [3.05, 3.63) is 98.0 Å². The fraction of sp³-hybridized carbons (Fsp3) is 0.217. The van der Waals surface area contributed by atoms with Crippen LogP contribution in [0.1, 0.15) is 31.4 Å². The molecule has 2 nitrogen and oxygen atoms in total. The van der Waals surface area contributed by atoms with E-state index in [0.29, 0.717) is 0 Å². The van der Waals surface area contributed by atoms with E-state index in [1.165, 1.54) is 19.3 Å². The number of aryl methyl sites for hydroxylation is 2. The summed E-state index contributed by atoms with van der Waals surface area (Å²) in [5, 5.41) is 0. The molecule has 0 fully saturated rings. The number of halogens is 1. The SMILES string of the molecule is C[CH+]C.[CH3-].[Cl][Ru+].c1ccc(-c2ccccn2)nc1.c1ccc2c(c1)CCC2. The van der Waals surface area contributed by atoms with Crippen LogP contribution in [0.3, 0.4) is 0 Å². The van der Waals surface area contributed by atoms with E-state index in [0.717, 1.165) is 11.4 Å². The van der Waals surface area contributed by atoms with Crippen molar-refractivity contribution in [3.8, 4) is 11.4 Å². The first kappa shape index (κ1) is 25.3. The Balaban J connectivity index is 0.000000402. The van der Waals surface area contributed by atoms with Gasteiger partial charge in [0.25, 0.3) is 0 Å². The average molecular weight is 469 g/mol. The van der Waals surface area contributed by atoms with Gasteiger partial charge in [-0.2, -0.15) is 0 Å². The van der Waals surface area contributed by atoms with Crippen LogP contribution in [0.4, 0.5) is 0 Å². The van der Waals surface area contributed by atoms with Gasteiger partial charge in [-0.25, -0.2) is 0 Å². The van der Waals surface area contributed by atoms with Gasteiger partial charge in [0.05, 0.1) is 31.7 Å². The third kappa shape index (κ3) is 9.70. The van der Waals surface area contributed by atoms with Crippen molar-refractivity contribution in [2.45, 2.75) is 33.1 Å². The molecule has 2 aromatic heterocycles. The zero-order valence-electron chi connectivity index (χ0n) is 16.3. The van der Waals surface area contributed by atoms with E-state index in [9.17, 15) is 0 Å². The molecule has 0 saturated carbocycles. The fourth-order valence-corrected chi connectivity index (χ4v) is 2.54. The second-order valence-electron chi connectivity index (χ2n) is 5.63. The van der Waals surface area contributed by atoms with E-state index in [2.05, 4.69) is 43.9 Å². The molecule has 1 aliphatic carbocycles. The topological polar surface area (TPSA) is 25.8 Å². The molecular formula is C23H28ClN2Ru+. The molecule has 0 aliphatic heterocycles. The van der Waals surface area contributed by atoms with Crippen LogP contribution in [-0.2, 0) is 30.2 Å². The quantitative estimate of drug-likeness (QED) is 0.294. The summed E-state index contributed by atoms with van der Waals surface area (Å²) in [6.07, 6.45) is 9.50. The summed E-state index contributed by atoms with van der Waals surface area (Å²) in [5.74, 6) is 0. The number of rotatable bonds is 1. The zero-order chi connectivity index (χ0) is 19.0. The van der Waals surface area contributed by atoms with Crippen LogP contribution < -0.4 is 0 Å². The Morgan fingerprint density at radius 3 is 1.44 bits per heavy atom. The van der Waals surface area contributed by atoms with Gasteiger partial charge in [0.2, 0.25) is 0 Å². The first-order valence-electron chi connectivity index (χ1n) is 8.61. The molecule has 1 aliphatic rings. The van der Waals surface area contributed by atoms with Crippen molar-refractivity contribution in [2.24, 2.45) is 0 Å². The summed E-state index contributed by atoms with van der Waals surface area (Å²) < 4.78 is 0. The Labute approximate surface area is 179 Å².